The largest absolute Gasteiger partial charge is 0.382 e. The zero-order chi connectivity index (χ0) is 19.3. The molecule has 27 heavy (non-hydrogen) atoms. The Morgan fingerprint density at radius 1 is 1.33 bits per heavy atom. The van der Waals surface area contributed by atoms with Crippen LogP contribution in [0.4, 0.5) is 5.82 Å². The molecule has 0 aliphatic carbocycles. The molecule has 0 saturated carbocycles. The molecule has 1 aliphatic rings. The summed E-state index contributed by atoms with van der Waals surface area (Å²) in [6.07, 6.45) is 4.31. The normalized spacial score (nSPS) is 17.8. The fourth-order valence-electron chi connectivity index (χ4n) is 2.92. The molecule has 1 aliphatic heterocycles. The maximum absolute atomic E-state index is 5.59. The van der Waals surface area contributed by atoms with E-state index in [1.54, 1.807) is 0 Å². The third-order valence-corrected chi connectivity index (χ3v) is 4.35. The van der Waals surface area contributed by atoms with Crippen LogP contribution in [0.15, 0.2) is 23.3 Å². The zero-order valence-corrected chi connectivity index (χ0v) is 17.0. The summed E-state index contributed by atoms with van der Waals surface area (Å²) >= 11 is 0. The second kappa shape index (κ2) is 12.5. The van der Waals surface area contributed by atoms with E-state index in [-0.39, 0.29) is 6.10 Å². The number of anilines is 1. The number of aliphatic imine (C=N–C) groups is 1. The van der Waals surface area contributed by atoms with Gasteiger partial charge in [0, 0.05) is 45.6 Å². The molecule has 0 radical (unpaired) electrons. The highest BCUT2D eigenvalue weighted by Crippen LogP contribution is 2.15. The van der Waals surface area contributed by atoms with Crippen molar-refractivity contribution in [1.82, 2.24) is 15.6 Å². The van der Waals surface area contributed by atoms with E-state index in [1.165, 1.54) is 0 Å². The summed E-state index contributed by atoms with van der Waals surface area (Å²) in [4.78, 5) is 11.5. The van der Waals surface area contributed by atoms with Crippen LogP contribution in [0.25, 0.3) is 0 Å². The van der Waals surface area contributed by atoms with Gasteiger partial charge in [0.15, 0.2) is 5.96 Å². The Balaban J connectivity index is 1.80. The minimum absolute atomic E-state index is 0.257. The first-order valence-corrected chi connectivity index (χ1v) is 10.1. The molecule has 0 spiro atoms. The van der Waals surface area contributed by atoms with Crippen molar-refractivity contribution in [2.45, 2.75) is 46.3 Å². The highest BCUT2D eigenvalue weighted by atomic mass is 16.5. The van der Waals surface area contributed by atoms with Gasteiger partial charge >= 0.3 is 0 Å². The first-order chi connectivity index (χ1) is 13.2. The summed E-state index contributed by atoms with van der Waals surface area (Å²) in [7, 11) is 0. The van der Waals surface area contributed by atoms with Gasteiger partial charge in [-0.2, -0.15) is 0 Å². The molecule has 1 unspecified atom stereocenters. The van der Waals surface area contributed by atoms with Crippen LogP contribution in [0, 0.1) is 0 Å². The van der Waals surface area contributed by atoms with Gasteiger partial charge in [0.2, 0.25) is 0 Å². The van der Waals surface area contributed by atoms with Crippen molar-refractivity contribution >= 4 is 11.8 Å². The second-order valence-corrected chi connectivity index (χ2v) is 6.68. The van der Waals surface area contributed by atoms with E-state index in [9.17, 15) is 0 Å². The molecule has 0 bridgehead atoms. The third-order valence-electron chi connectivity index (χ3n) is 4.35. The third kappa shape index (κ3) is 8.13. The number of rotatable bonds is 10. The number of nitrogens with one attached hydrogen (secondary N) is 2. The second-order valence-electron chi connectivity index (χ2n) is 6.68. The van der Waals surface area contributed by atoms with Gasteiger partial charge in [0.25, 0.3) is 0 Å². The highest BCUT2D eigenvalue weighted by Gasteiger charge is 2.17. The molecule has 0 amide bonds. The Labute approximate surface area is 163 Å². The van der Waals surface area contributed by atoms with Crippen molar-refractivity contribution in [3.8, 4) is 0 Å². The van der Waals surface area contributed by atoms with Crippen molar-refractivity contribution in [2.75, 3.05) is 50.9 Å². The molecule has 1 atom stereocenters. The lowest BCUT2D eigenvalue weighted by Gasteiger charge is -2.32. The lowest BCUT2D eigenvalue weighted by molar-refractivity contribution is 0.0529. The number of nitrogens with zero attached hydrogens (tertiary/aromatic N) is 3. The standard InChI is InChI=1S/C20H35N5O2/c1-4-21-20(22-10-6-7-12-26-5-2)24-15-18-8-9-19(23-14-18)25-11-13-27-17(3)16-25/h8-9,14,17H,4-7,10-13,15-16H2,1-3H3,(H2,21,22,24). The topological polar surface area (TPSA) is 71.0 Å². The molecule has 1 aromatic rings. The molecule has 7 nitrogen and oxygen atoms in total. The predicted molar refractivity (Wildman–Crippen MR) is 110 cm³/mol. The van der Waals surface area contributed by atoms with Gasteiger partial charge in [-0.05, 0) is 45.2 Å². The summed E-state index contributed by atoms with van der Waals surface area (Å²) in [5, 5.41) is 6.66. The van der Waals surface area contributed by atoms with E-state index in [1.807, 2.05) is 13.1 Å². The van der Waals surface area contributed by atoms with Gasteiger partial charge in [-0.1, -0.05) is 6.07 Å². The van der Waals surface area contributed by atoms with Crippen LogP contribution in [0.5, 0.6) is 0 Å². The van der Waals surface area contributed by atoms with Crippen LogP contribution >= 0.6 is 0 Å². The minimum Gasteiger partial charge on any atom is -0.382 e. The molecule has 2 N–H and O–H groups in total. The summed E-state index contributed by atoms with van der Waals surface area (Å²) in [6.45, 7) is 12.7. The van der Waals surface area contributed by atoms with Crippen molar-refractivity contribution < 1.29 is 9.47 Å². The van der Waals surface area contributed by atoms with Crippen LogP contribution < -0.4 is 15.5 Å². The summed E-state index contributed by atoms with van der Waals surface area (Å²) in [6, 6.07) is 4.19. The van der Waals surface area contributed by atoms with E-state index in [2.05, 4.69) is 51.5 Å². The van der Waals surface area contributed by atoms with Gasteiger partial charge in [0.1, 0.15) is 5.82 Å². The fourth-order valence-corrected chi connectivity index (χ4v) is 2.92. The number of unbranched alkanes of at least 4 members (excludes halogenated alkanes) is 1. The van der Waals surface area contributed by atoms with E-state index >= 15 is 0 Å². The minimum atomic E-state index is 0.257. The van der Waals surface area contributed by atoms with E-state index in [0.717, 1.165) is 76.2 Å². The quantitative estimate of drug-likeness (QED) is 0.370. The monoisotopic (exact) mass is 377 g/mol. The van der Waals surface area contributed by atoms with Crippen LogP contribution in [-0.2, 0) is 16.0 Å². The van der Waals surface area contributed by atoms with Crippen molar-refractivity contribution in [2.24, 2.45) is 4.99 Å². The van der Waals surface area contributed by atoms with Crippen LogP contribution in [0.3, 0.4) is 0 Å². The number of hydrogen-bond donors (Lipinski definition) is 2. The first kappa shape index (κ1) is 21.4. The predicted octanol–water partition coefficient (Wildman–Crippen LogP) is 2.18. The van der Waals surface area contributed by atoms with Crippen molar-refractivity contribution in [1.29, 1.82) is 0 Å². The number of guanidine groups is 1. The maximum atomic E-state index is 5.59. The van der Waals surface area contributed by atoms with E-state index in [0.29, 0.717) is 6.54 Å². The van der Waals surface area contributed by atoms with Gasteiger partial charge in [0.05, 0.1) is 19.3 Å². The Morgan fingerprint density at radius 2 is 2.22 bits per heavy atom. The Bertz CT molecular complexity index is 550. The Kier molecular flexibility index (Phi) is 9.94. The zero-order valence-electron chi connectivity index (χ0n) is 17.0. The highest BCUT2D eigenvalue weighted by molar-refractivity contribution is 5.79. The fraction of sp³-hybridized carbons (Fsp3) is 0.700. The Hall–Kier alpha value is -1.86. The summed E-state index contributed by atoms with van der Waals surface area (Å²) in [5.74, 6) is 1.86. The molecule has 1 aromatic heterocycles. The van der Waals surface area contributed by atoms with Gasteiger partial charge in [-0.25, -0.2) is 9.98 Å². The molecule has 0 aromatic carbocycles. The van der Waals surface area contributed by atoms with Crippen LogP contribution in [0.1, 0.15) is 39.2 Å². The summed E-state index contributed by atoms with van der Waals surface area (Å²) < 4.78 is 11.0. The molecular formula is C20H35N5O2. The molecule has 1 fully saturated rings. The summed E-state index contributed by atoms with van der Waals surface area (Å²) in [5.41, 5.74) is 1.11. The van der Waals surface area contributed by atoms with Crippen molar-refractivity contribution in [3.63, 3.8) is 0 Å². The molecular weight excluding hydrogens is 342 g/mol. The Morgan fingerprint density at radius 3 is 2.93 bits per heavy atom. The molecule has 152 valence electrons. The van der Waals surface area contributed by atoms with Gasteiger partial charge in [-0.15, -0.1) is 0 Å². The lowest BCUT2D eigenvalue weighted by Crippen LogP contribution is -2.41. The van der Waals surface area contributed by atoms with Gasteiger partial charge < -0.3 is 25.0 Å². The molecule has 7 heteroatoms. The van der Waals surface area contributed by atoms with E-state index < -0.39 is 0 Å². The van der Waals surface area contributed by atoms with E-state index in [4.69, 9.17) is 9.47 Å². The first-order valence-electron chi connectivity index (χ1n) is 10.1. The maximum Gasteiger partial charge on any atom is 0.191 e. The number of ether oxygens (including phenoxy) is 2. The van der Waals surface area contributed by atoms with Crippen LogP contribution in [0.2, 0.25) is 0 Å². The van der Waals surface area contributed by atoms with Crippen LogP contribution in [-0.4, -0.2) is 63.0 Å². The van der Waals surface area contributed by atoms with Gasteiger partial charge in [-0.3, -0.25) is 0 Å². The number of aromatic nitrogens is 1. The molecule has 1 saturated heterocycles. The smallest absolute Gasteiger partial charge is 0.191 e. The lowest BCUT2D eigenvalue weighted by atomic mass is 10.2. The number of pyridine rings is 1. The molecule has 2 heterocycles. The van der Waals surface area contributed by atoms with Crippen molar-refractivity contribution in [3.05, 3.63) is 23.9 Å². The SMILES string of the molecule is CCNC(=NCc1ccc(N2CCOC(C)C2)nc1)NCCCCOCC. The number of hydrogen-bond acceptors (Lipinski definition) is 5. The average molecular weight is 378 g/mol. The molecule has 2 rings (SSSR count). The average Bonchev–Trinajstić information content (AvgIpc) is 2.69. The number of morpholine rings is 1.